The van der Waals surface area contributed by atoms with Gasteiger partial charge in [-0.3, -0.25) is 0 Å². The second-order valence-corrected chi connectivity index (χ2v) is 6.81. The molecule has 1 aliphatic heterocycles. The van der Waals surface area contributed by atoms with E-state index in [1.807, 2.05) is 6.92 Å². The van der Waals surface area contributed by atoms with Gasteiger partial charge in [-0.25, -0.2) is 0 Å². The first-order valence-electron chi connectivity index (χ1n) is 9.52. The fourth-order valence-corrected chi connectivity index (χ4v) is 3.96. The SMILES string of the molecule is CCOc1ccc2ccccc2c1CNC1CCNC1c1ccccc1. The topological polar surface area (TPSA) is 33.3 Å². The normalized spacial score (nSPS) is 19.7. The molecular weight excluding hydrogens is 320 g/mol. The van der Waals surface area contributed by atoms with E-state index in [4.69, 9.17) is 4.74 Å². The molecule has 1 heterocycles. The summed E-state index contributed by atoms with van der Waals surface area (Å²) in [5.74, 6) is 0.987. The van der Waals surface area contributed by atoms with Crippen LogP contribution in [0.2, 0.25) is 0 Å². The maximum atomic E-state index is 5.92. The minimum atomic E-state index is 0.363. The summed E-state index contributed by atoms with van der Waals surface area (Å²) in [6.45, 7) is 4.58. The number of benzene rings is 3. The molecule has 0 radical (unpaired) electrons. The van der Waals surface area contributed by atoms with Crippen molar-refractivity contribution in [3.8, 4) is 5.75 Å². The van der Waals surface area contributed by atoms with Crippen LogP contribution in [0.1, 0.15) is 30.5 Å². The van der Waals surface area contributed by atoms with Crippen molar-refractivity contribution in [2.75, 3.05) is 13.2 Å². The van der Waals surface area contributed by atoms with Crippen LogP contribution in [-0.4, -0.2) is 19.2 Å². The molecular formula is C23H26N2O. The van der Waals surface area contributed by atoms with Gasteiger partial charge in [0.15, 0.2) is 0 Å². The number of hydrogen-bond donors (Lipinski definition) is 2. The van der Waals surface area contributed by atoms with Crippen molar-refractivity contribution in [1.29, 1.82) is 0 Å². The van der Waals surface area contributed by atoms with Crippen molar-refractivity contribution in [1.82, 2.24) is 10.6 Å². The fourth-order valence-electron chi connectivity index (χ4n) is 3.96. The summed E-state index contributed by atoms with van der Waals surface area (Å²) in [5.41, 5.74) is 2.61. The van der Waals surface area contributed by atoms with Crippen molar-refractivity contribution in [2.45, 2.75) is 32.0 Å². The van der Waals surface area contributed by atoms with Gasteiger partial charge in [0, 0.05) is 24.2 Å². The second-order valence-electron chi connectivity index (χ2n) is 6.81. The minimum absolute atomic E-state index is 0.363. The lowest BCUT2D eigenvalue weighted by Crippen LogP contribution is -2.34. The van der Waals surface area contributed by atoms with E-state index < -0.39 is 0 Å². The van der Waals surface area contributed by atoms with Crippen LogP contribution < -0.4 is 15.4 Å². The summed E-state index contributed by atoms with van der Waals surface area (Å²) in [6, 6.07) is 24.3. The van der Waals surface area contributed by atoms with Crippen LogP contribution in [-0.2, 0) is 6.54 Å². The predicted molar refractivity (Wildman–Crippen MR) is 108 cm³/mol. The van der Waals surface area contributed by atoms with E-state index in [-0.39, 0.29) is 0 Å². The highest BCUT2D eigenvalue weighted by Crippen LogP contribution is 2.30. The standard InChI is InChI=1S/C23H26N2O/c1-2-26-22-13-12-17-8-6-7-11-19(17)20(22)16-25-21-14-15-24-23(21)18-9-4-3-5-10-18/h3-13,21,23-25H,2,14-16H2,1H3. The van der Waals surface area contributed by atoms with E-state index in [9.17, 15) is 0 Å². The summed E-state index contributed by atoms with van der Waals surface area (Å²) >= 11 is 0. The Hall–Kier alpha value is -2.36. The Morgan fingerprint density at radius 1 is 1.00 bits per heavy atom. The summed E-state index contributed by atoms with van der Waals surface area (Å²) in [6.07, 6.45) is 1.13. The van der Waals surface area contributed by atoms with E-state index in [1.54, 1.807) is 0 Å². The van der Waals surface area contributed by atoms with Crippen molar-refractivity contribution in [3.05, 3.63) is 77.9 Å². The molecule has 0 saturated carbocycles. The molecule has 1 aliphatic rings. The Bertz CT molecular complexity index is 862. The summed E-state index contributed by atoms with van der Waals surface area (Å²) in [7, 11) is 0. The molecule has 4 rings (SSSR count). The lowest BCUT2D eigenvalue weighted by Gasteiger charge is -2.23. The third-order valence-corrected chi connectivity index (χ3v) is 5.22. The lowest BCUT2D eigenvalue weighted by atomic mass is 9.99. The molecule has 0 aliphatic carbocycles. The van der Waals surface area contributed by atoms with Crippen LogP contribution in [0.3, 0.4) is 0 Å². The van der Waals surface area contributed by atoms with Gasteiger partial charge in [-0.05, 0) is 42.3 Å². The summed E-state index contributed by atoms with van der Waals surface area (Å²) in [5, 5.41) is 9.97. The van der Waals surface area contributed by atoms with Gasteiger partial charge in [-0.2, -0.15) is 0 Å². The van der Waals surface area contributed by atoms with E-state index in [1.165, 1.54) is 21.9 Å². The van der Waals surface area contributed by atoms with Gasteiger partial charge < -0.3 is 15.4 Å². The molecule has 0 amide bonds. The van der Waals surface area contributed by atoms with Gasteiger partial charge in [0.25, 0.3) is 0 Å². The summed E-state index contributed by atoms with van der Waals surface area (Å²) in [4.78, 5) is 0. The monoisotopic (exact) mass is 346 g/mol. The number of nitrogens with one attached hydrogen (secondary N) is 2. The first-order chi connectivity index (χ1) is 12.9. The second kappa shape index (κ2) is 7.90. The maximum absolute atomic E-state index is 5.92. The number of fused-ring (bicyclic) bond motifs is 1. The molecule has 2 N–H and O–H groups in total. The fraction of sp³-hybridized carbons (Fsp3) is 0.304. The average molecular weight is 346 g/mol. The molecule has 0 bridgehead atoms. The third-order valence-electron chi connectivity index (χ3n) is 5.22. The zero-order chi connectivity index (χ0) is 17.8. The van der Waals surface area contributed by atoms with Crippen molar-refractivity contribution >= 4 is 10.8 Å². The molecule has 2 unspecified atom stereocenters. The smallest absolute Gasteiger partial charge is 0.124 e. The third kappa shape index (κ3) is 3.46. The highest BCUT2D eigenvalue weighted by molar-refractivity contribution is 5.87. The average Bonchev–Trinajstić information content (AvgIpc) is 3.16. The minimum Gasteiger partial charge on any atom is -0.494 e. The lowest BCUT2D eigenvalue weighted by molar-refractivity contribution is 0.334. The van der Waals surface area contributed by atoms with E-state index in [0.717, 1.165) is 25.3 Å². The Morgan fingerprint density at radius 3 is 2.65 bits per heavy atom. The highest BCUT2D eigenvalue weighted by atomic mass is 16.5. The Morgan fingerprint density at radius 2 is 1.81 bits per heavy atom. The molecule has 3 aromatic rings. The van der Waals surface area contributed by atoms with Crippen LogP contribution in [0.15, 0.2) is 66.7 Å². The quantitative estimate of drug-likeness (QED) is 0.693. The van der Waals surface area contributed by atoms with Crippen molar-refractivity contribution in [2.24, 2.45) is 0 Å². The van der Waals surface area contributed by atoms with Crippen LogP contribution in [0.4, 0.5) is 0 Å². The number of rotatable bonds is 6. The van der Waals surface area contributed by atoms with Crippen LogP contribution >= 0.6 is 0 Å². The zero-order valence-corrected chi connectivity index (χ0v) is 15.2. The van der Waals surface area contributed by atoms with Gasteiger partial charge in [0.05, 0.1) is 6.61 Å². The van der Waals surface area contributed by atoms with Crippen LogP contribution in [0.5, 0.6) is 5.75 Å². The molecule has 0 spiro atoms. The molecule has 1 fully saturated rings. The maximum Gasteiger partial charge on any atom is 0.124 e. The Balaban J connectivity index is 1.58. The molecule has 134 valence electrons. The van der Waals surface area contributed by atoms with Gasteiger partial charge in [0.1, 0.15) is 5.75 Å². The zero-order valence-electron chi connectivity index (χ0n) is 15.2. The molecule has 3 nitrogen and oxygen atoms in total. The predicted octanol–water partition coefficient (Wildman–Crippen LogP) is 4.43. The number of hydrogen-bond acceptors (Lipinski definition) is 3. The largest absolute Gasteiger partial charge is 0.494 e. The Labute approximate surface area is 155 Å². The summed E-state index contributed by atoms with van der Waals surface area (Å²) < 4.78 is 5.92. The van der Waals surface area contributed by atoms with E-state index >= 15 is 0 Å². The molecule has 26 heavy (non-hydrogen) atoms. The van der Waals surface area contributed by atoms with Crippen LogP contribution in [0.25, 0.3) is 10.8 Å². The van der Waals surface area contributed by atoms with Gasteiger partial charge in [-0.1, -0.05) is 60.7 Å². The van der Waals surface area contributed by atoms with Crippen molar-refractivity contribution < 1.29 is 4.74 Å². The first-order valence-corrected chi connectivity index (χ1v) is 9.52. The first kappa shape index (κ1) is 17.1. The molecule has 3 heteroatoms. The molecule has 1 saturated heterocycles. The van der Waals surface area contributed by atoms with E-state index in [2.05, 4.69) is 77.4 Å². The highest BCUT2D eigenvalue weighted by Gasteiger charge is 2.27. The molecule has 3 aromatic carbocycles. The van der Waals surface area contributed by atoms with Gasteiger partial charge in [0.2, 0.25) is 0 Å². The van der Waals surface area contributed by atoms with Crippen LogP contribution in [0, 0.1) is 0 Å². The van der Waals surface area contributed by atoms with E-state index in [0.29, 0.717) is 18.7 Å². The number of ether oxygens (including phenoxy) is 1. The molecule has 0 aromatic heterocycles. The van der Waals surface area contributed by atoms with Crippen molar-refractivity contribution in [3.63, 3.8) is 0 Å². The van der Waals surface area contributed by atoms with Gasteiger partial charge >= 0.3 is 0 Å². The molecule has 2 atom stereocenters. The Kier molecular flexibility index (Phi) is 5.19. The van der Waals surface area contributed by atoms with Gasteiger partial charge in [-0.15, -0.1) is 0 Å².